The SMILES string of the molecule is COC(=O)C(C)CN(C)C(=O)NCC(O)C(=O)O. The molecule has 0 heterocycles. The van der Waals surface area contributed by atoms with E-state index in [4.69, 9.17) is 10.2 Å². The smallest absolute Gasteiger partial charge is 0.334 e. The number of ether oxygens (including phenoxy) is 1. The number of carbonyl (C=O) groups excluding carboxylic acids is 2. The summed E-state index contributed by atoms with van der Waals surface area (Å²) in [5.41, 5.74) is 0. The van der Waals surface area contributed by atoms with Crippen LogP contribution in [0.25, 0.3) is 0 Å². The summed E-state index contributed by atoms with van der Waals surface area (Å²) < 4.78 is 4.51. The van der Waals surface area contributed by atoms with Crippen LogP contribution in [-0.4, -0.2) is 66.4 Å². The van der Waals surface area contributed by atoms with E-state index in [-0.39, 0.29) is 6.54 Å². The molecule has 0 spiro atoms. The number of hydrogen-bond donors (Lipinski definition) is 3. The molecule has 3 N–H and O–H groups in total. The quantitative estimate of drug-likeness (QED) is 0.522. The Morgan fingerprint density at radius 2 is 1.94 bits per heavy atom. The summed E-state index contributed by atoms with van der Waals surface area (Å²) in [7, 11) is 2.70. The van der Waals surface area contributed by atoms with Crippen LogP contribution in [0.2, 0.25) is 0 Å². The fraction of sp³-hybridized carbons (Fsp3) is 0.700. The van der Waals surface area contributed by atoms with Crippen LogP contribution in [0.1, 0.15) is 6.92 Å². The first-order chi connectivity index (χ1) is 8.29. The molecule has 0 fully saturated rings. The van der Waals surface area contributed by atoms with Gasteiger partial charge in [0.25, 0.3) is 0 Å². The van der Waals surface area contributed by atoms with Crippen molar-refractivity contribution in [2.45, 2.75) is 13.0 Å². The second-order valence-corrected chi connectivity index (χ2v) is 3.84. The standard InChI is InChI=1S/C10H18N2O6/c1-6(9(16)18-3)5-12(2)10(17)11-4-7(13)8(14)15/h6-7,13H,4-5H2,1-3H3,(H,11,17)(H,14,15). The van der Waals surface area contributed by atoms with Gasteiger partial charge in [-0.1, -0.05) is 6.92 Å². The monoisotopic (exact) mass is 262 g/mol. The summed E-state index contributed by atoms with van der Waals surface area (Å²) in [4.78, 5) is 34.1. The lowest BCUT2D eigenvalue weighted by molar-refractivity contribution is -0.146. The molecular formula is C10H18N2O6. The molecule has 0 aliphatic rings. The largest absolute Gasteiger partial charge is 0.479 e. The normalized spacial score (nSPS) is 13.3. The molecule has 104 valence electrons. The highest BCUT2D eigenvalue weighted by Crippen LogP contribution is 2.00. The van der Waals surface area contributed by atoms with Gasteiger partial charge in [-0.25, -0.2) is 9.59 Å². The fourth-order valence-electron chi connectivity index (χ4n) is 1.18. The molecule has 0 rings (SSSR count). The summed E-state index contributed by atoms with van der Waals surface area (Å²) in [6.07, 6.45) is -1.65. The third-order valence-corrected chi connectivity index (χ3v) is 2.23. The van der Waals surface area contributed by atoms with Gasteiger partial charge in [-0.3, -0.25) is 4.79 Å². The maximum atomic E-state index is 11.5. The van der Waals surface area contributed by atoms with Crippen LogP contribution in [0.3, 0.4) is 0 Å². The zero-order valence-electron chi connectivity index (χ0n) is 10.5. The lowest BCUT2D eigenvalue weighted by Crippen LogP contribution is -2.44. The molecule has 0 bridgehead atoms. The molecule has 0 aliphatic heterocycles. The Balaban J connectivity index is 4.11. The van der Waals surface area contributed by atoms with Gasteiger partial charge in [0.15, 0.2) is 6.10 Å². The molecule has 0 saturated heterocycles. The van der Waals surface area contributed by atoms with Gasteiger partial charge in [-0.15, -0.1) is 0 Å². The summed E-state index contributed by atoms with van der Waals surface area (Å²) in [6.45, 7) is 1.33. The average Bonchev–Trinajstić information content (AvgIpc) is 2.33. The number of carbonyl (C=O) groups is 3. The van der Waals surface area contributed by atoms with Crippen molar-refractivity contribution in [2.75, 3.05) is 27.2 Å². The highest BCUT2D eigenvalue weighted by Gasteiger charge is 2.20. The number of carboxylic acids is 1. The van der Waals surface area contributed by atoms with Crippen LogP contribution in [0.5, 0.6) is 0 Å². The van der Waals surface area contributed by atoms with Crippen molar-refractivity contribution in [1.82, 2.24) is 10.2 Å². The molecule has 0 aliphatic carbocycles. The summed E-state index contributed by atoms with van der Waals surface area (Å²) in [6, 6.07) is -0.578. The van der Waals surface area contributed by atoms with Gasteiger partial charge in [-0.05, 0) is 0 Å². The third-order valence-electron chi connectivity index (χ3n) is 2.23. The average molecular weight is 262 g/mol. The molecular weight excluding hydrogens is 244 g/mol. The van der Waals surface area contributed by atoms with Crippen molar-refractivity contribution < 1.29 is 29.3 Å². The van der Waals surface area contributed by atoms with E-state index < -0.39 is 36.5 Å². The van der Waals surface area contributed by atoms with Gasteiger partial charge >= 0.3 is 18.0 Å². The number of urea groups is 1. The van der Waals surface area contributed by atoms with Crippen molar-refractivity contribution >= 4 is 18.0 Å². The topological polar surface area (TPSA) is 116 Å². The van der Waals surface area contributed by atoms with Crippen molar-refractivity contribution in [3.63, 3.8) is 0 Å². The number of hydrogen-bond acceptors (Lipinski definition) is 5. The van der Waals surface area contributed by atoms with Crippen LogP contribution < -0.4 is 5.32 Å². The number of nitrogens with zero attached hydrogens (tertiary/aromatic N) is 1. The minimum absolute atomic E-state index is 0.127. The predicted molar refractivity (Wildman–Crippen MR) is 60.9 cm³/mol. The molecule has 0 aromatic carbocycles. The van der Waals surface area contributed by atoms with Crippen molar-refractivity contribution in [3.05, 3.63) is 0 Å². The van der Waals surface area contributed by atoms with E-state index in [9.17, 15) is 14.4 Å². The highest BCUT2D eigenvalue weighted by atomic mass is 16.5. The van der Waals surface area contributed by atoms with Gasteiger partial charge in [0, 0.05) is 13.6 Å². The molecule has 0 aromatic rings. The molecule has 2 amide bonds. The summed E-state index contributed by atoms with van der Waals surface area (Å²) in [5, 5.41) is 19.6. The number of esters is 1. The Bertz CT molecular complexity index is 319. The number of aliphatic hydroxyl groups excluding tert-OH is 1. The van der Waals surface area contributed by atoms with E-state index in [1.54, 1.807) is 6.92 Å². The Labute approximate surface area is 105 Å². The number of aliphatic hydroxyl groups is 1. The van der Waals surface area contributed by atoms with E-state index in [0.717, 1.165) is 0 Å². The van der Waals surface area contributed by atoms with Crippen LogP contribution in [-0.2, 0) is 14.3 Å². The fourth-order valence-corrected chi connectivity index (χ4v) is 1.18. The molecule has 0 radical (unpaired) electrons. The van der Waals surface area contributed by atoms with E-state index in [2.05, 4.69) is 10.1 Å². The first kappa shape index (κ1) is 16.2. The Morgan fingerprint density at radius 3 is 2.39 bits per heavy atom. The Morgan fingerprint density at radius 1 is 1.39 bits per heavy atom. The second kappa shape index (κ2) is 7.49. The third kappa shape index (κ3) is 5.48. The number of rotatable bonds is 6. The number of aliphatic carboxylic acids is 1. The van der Waals surface area contributed by atoms with E-state index in [0.29, 0.717) is 0 Å². The molecule has 2 unspecified atom stereocenters. The van der Waals surface area contributed by atoms with Crippen molar-refractivity contribution in [1.29, 1.82) is 0 Å². The van der Waals surface area contributed by atoms with Crippen LogP contribution in [0, 0.1) is 5.92 Å². The highest BCUT2D eigenvalue weighted by molar-refractivity contribution is 5.77. The summed E-state index contributed by atoms with van der Waals surface area (Å²) >= 11 is 0. The number of carboxylic acid groups (broad SMARTS) is 1. The Hall–Kier alpha value is -1.83. The molecule has 2 atom stereocenters. The van der Waals surface area contributed by atoms with Gasteiger partial charge < -0.3 is 25.2 Å². The van der Waals surface area contributed by atoms with Gasteiger partial charge in [-0.2, -0.15) is 0 Å². The van der Waals surface area contributed by atoms with Crippen molar-refractivity contribution in [3.8, 4) is 0 Å². The molecule has 18 heavy (non-hydrogen) atoms. The maximum Gasteiger partial charge on any atom is 0.334 e. The van der Waals surface area contributed by atoms with Crippen molar-refractivity contribution in [2.24, 2.45) is 5.92 Å². The first-order valence-electron chi connectivity index (χ1n) is 5.27. The minimum atomic E-state index is -1.65. The summed E-state index contributed by atoms with van der Waals surface area (Å²) in [5.74, 6) is -2.35. The second-order valence-electron chi connectivity index (χ2n) is 3.84. The molecule has 8 heteroatoms. The lowest BCUT2D eigenvalue weighted by atomic mass is 10.2. The predicted octanol–water partition coefficient (Wildman–Crippen LogP) is -1.12. The lowest BCUT2D eigenvalue weighted by Gasteiger charge is -2.21. The van der Waals surface area contributed by atoms with Crippen LogP contribution >= 0.6 is 0 Å². The first-order valence-corrected chi connectivity index (χ1v) is 5.27. The maximum absolute atomic E-state index is 11.5. The van der Waals surface area contributed by atoms with Gasteiger partial charge in [0.05, 0.1) is 19.6 Å². The number of methoxy groups -OCH3 is 1. The van der Waals surface area contributed by atoms with E-state index in [1.165, 1.54) is 19.1 Å². The van der Waals surface area contributed by atoms with Gasteiger partial charge in [0.1, 0.15) is 0 Å². The molecule has 8 nitrogen and oxygen atoms in total. The number of amides is 2. The zero-order valence-corrected chi connectivity index (χ0v) is 10.5. The van der Waals surface area contributed by atoms with Crippen LogP contribution in [0.4, 0.5) is 4.79 Å². The number of nitrogens with one attached hydrogen (secondary N) is 1. The van der Waals surface area contributed by atoms with Gasteiger partial charge in [0.2, 0.25) is 0 Å². The van der Waals surface area contributed by atoms with E-state index in [1.807, 2.05) is 0 Å². The minimum Gasteiger partial charge on any atom is -0.479 e. The Kier molecular flexibility index (Phi) is 6.73. The molecule has 0 aromatic heterocycles. The van der Waals surface area contributed by atoms with Crippen LogP contribution in [0.15, 0.2) is 0 Å². The zero-order chi connectivity index (χ0) is 14.3. The van der Waals surface area contributed by atoms with E-state index >= 15 is 0 Å². The molecule has 0 saturated carbocycles.